The summed E-state index contributed by atoms with van der Waals surface area (Å²) in [5.74, 6) is 4.15. The van der Waals surface area contributed by atoms with Crippen LogP contribution in [0.4, 0.5) is 10.1 Å². The van der Waals surface area contributed by atoms with Gasteiger partial charge in [0.05, 0.1) is 0 Å². The second-order valence-electron chi connectivity index (χ2n) is 4.07. The summed E-state index contributed by atoms with van der Waals surface area (Å²) in [6.45, 7) is -0.442. The number of aliphatic hydroxyl groups is 1. The third-order valence-corrected chi connectivity index (χ3v) is 4.00. The van der Waals surface area contributed by atoms with Gasteiger partial charge in [0.25, 0.3) is 10.0 Å². The van der Waals surface area contributed by atoms with Gasteiger partial charge in [0.1, 0.15) is 17.3 Å². The normalized spacial score (nSPS) is 10.6. The van der Waals surface area contributed by atoms with Gasteiger partial charge in [-0.2, -0.15) is 0 Å². The maximum Gasteiger partial charge on any atom is 0.263 e. The molecular weight excluding hydrogens is 293 g/mol. The summed E-state index contributed by atoms with van der Waals surface area (Å²) in [6.07, 6.45) is 0. The Labute approximate surface area is 122 Å². The number of hydrogen-bond donors (Lipinski definition) is 2. The Bertz CT molecular complexity index is 793. The van der Waals surface area contributed by atoms with Crippen molar-refractivity contribution in [1.29, 1.82) is 0 Å². The molecule has 0 heterocycles. The Morgan fingerprint density at radius 3 is 2.52 bits per heavy atom. The van der Waals surface area contributed by atoms with E-state index in [4.69, 9.17) is 5.11 Å². The van der Waals surface area contributed by atoms with Crippen molar-refractivity contribution in [3.05, 3.63) is 59.9 Å². The third-order valence-electron chi connectivity index (χ3n) is 2.56. The lowest BCUT2D eigenvalue weighted by Crippen LogP contribution is -2.14. The van der Waals surface area contributed by atoms with Crippen LogP contribution in [0.3, 0.4) is 0 Å². The van der Waals surface area contributed by atoms with Gasteiger partial charge in [0.15, 0.2) is 0 Å². The quantitative estimate of drug-likeness (QED) is 0.852. The van der Waals surface area contributed by atoms with Crippen LogP contribution in [0.1, 0.15) is 5.56 Å². The standard InChI is InChI=1S/C15H12FNO3S/c16-13-8-9-15(12(11-13)5-4-10-18)21(19,20)17-14-6-2-1-3-7-14/h1-3,6-9,11,17-18H,10H2. The van der Waals surface area contributed by atoms with Crippen molar-refractivity contribution in [2.45, 2.75) is 4.90 Å². The molecule has 0 atom stereocenters. The summed E-state index contributed by atoms with van der Waals surface area (Å²) < 4.78 is 40.3. The lowest BCUT2D eigenvalue weighted by molar-refractivity contribution is 0.350. The molecule has 0 saturated heterocycles. The Balaban J connectivity index is 2.45. The van der Waals surface area contributed by atoms with Gasteiger partial charge in [0.2, 0.25) is 0 Å². The summed E-state index contributed by atoms with van der Waals surface area (Å²) >= 11 is 0. The molecule has 108 valence electrons. The van der Waals surface area contributed by atoms with Gasteiger partial charge in [0, 0.05) is 11.3 Å². The Morgan fingerprint density at radius 1 is 1.14 bits per heavy atom. The number of aliphatic hydroxyl groups excluding tert-OH is 1. The summed E-state index contributed by atoms with van der Waals surface area (Å²) in [4.78, 5) is -0.145. The van der Waals surface area contributed by atoms with E-state index in [1.807, 2.05) is 0 Å². The molecule has 0 unspecified atom stereocenters. The molecule has 0 fully saturated rings. The van der Waals surface area contributed by atoms with E-state index in [1.54, 1.807) is 30.3 Å². The predicted octanol–water partition coefficient (Wildman–Crippen LogP) is 1.97. The molecule has 0 aliphatic heterocycles. The van der Waals surface area contributed by atoms with E-state index in [0.717, 1.165) is 18.2 Å². The predicted molar refractivity (Wildman–Crippen MR) is 77.6 cm³/mol. The number of halogens is 1. The van der Waals surface area contributed by atoms with Crippen LogP contribution in [-0.4, -0.2) is 20.1 Å². The molecule has 0 bridgehead atoms. The smallest absolute Gasteiger partial charge is 0.263 e. The van der Waals surface area contributed by atoms with Crippen molar-refractivity contribution in [2.75, 3.05) is 11.3 Å². The first-order chi connectivity index (χ1) is 10.0. The molecule has 21 heavy (non-hydrogen) atoms. The number of rotatable bonds is 3. The van der Waals surface area contributed by atoms with Crippen LogP contribution in [0.15, 0.2) is 53.4 Å². The van der Waals surface area contributed by atoms with E-state index in [1.165, 1.54) is 0 Å². The zero-order valence-electron chi connectivity index (χ0n) is 10.9. The van der Waals surface area contributed by atoms with Gasteiger partial charge in [-0.25, -0.2) is 12.8 Å². The molecule has 2 N–H and O–H groups in total. The maximum atomic E-state index is 13.2. The topological polar surface area (TPSA) is 66.4 Å². The number of benzene rings is 2. The zero-order chi connectivity index (χ0) is 15.3. The minimum Gasteiger partial charge on any atom is -0.384 e. The molecule has 2 rings (SSSR count). The van der Waals surface area contributed by atoms with Crippen molar-refractivity contribution in [3.8, 4) is 11.8 Å². The summed E-state index contributed by atoms with van der Waals surface area (Å²) in [7, 11) is -3.89. The molecule has 0 aromatic heterocycles. The number of anilines is 1. The monoisotopic (exact) mass is 305 g/mol. The fourth-order valence-corrected chi connectivity index (χ4v) is 2.89. The number of nitrogens with one attached hydrogen (secondary N) is 1. The van der Waals surface area contributed by atoms with Gasteiger partial charge in [-0.05, 0) is 30.3 Å². The largest absolute Gasteiger partial charge is 0.384 e. The fraction of sp³-hybridized carbons (Fsp3) is 0.0667. The fourth-order valence-electron chi connectivity index (χ4n) is 1.69. The van der Waals surface area contributed by atoms with E-state index in [2.05, 4.69) is 16.6 Å². The molecule has 0 aliphatic carbocycles. The number of para-hydroxylation sites is 1. The van der Waals surface area contributed by atoms with Crippen molar-refractivity contribution in [2.24, 2.45) is 0 Å². The molecule has 4 nitrogen and oxygen atoms in total. The molecule has 2 aromatic carbocycles. The lowest BCUT2D eigenvalue weighted by Gasteiger charge is -2.09. The van der Waals surface area contributed by atoms with Crippen molar-refractivity contribution < 1.29 is 17.9 Å². The molecule has 0 radical (unpaired) electrons. The first-order valence-corrected chi connectivity index (χ1v) is 7.48. The maximum absolute atomic E-state index is 13.2. The van der Waals surface area contributed by atoms with Crippen LogP contribution in [0, 0.1) is 17.7 Å². The van der Waals surface area contributed by atoms with Crippen molar-refractivity contribution in [1.82, 2.24) is 0 Å². The van der Waals surface area contributed by atoms with Crippen LogP contribution in [0.25, 0.3) is 0 Å². The second-order valence-corrected chi connectivity index (χ2v) is 5.72. The van der Waals surface area contributed by atoms with Gasteiger partial charge in [-0.1, -0.05) is 30.0 Å². The Morgan fingerprint density at radius 2 is 1.86 bits per heavy atom. The highest BCUT2D eigenvalue weighted by Crippen LogP contribution is 2.20. The first-order valence-electron chi connectivity index (χ1n) is 6.00. The van der Waals surface area contributed by atoms with Crippen LogP contribution in [0.5, 0.6) is 0 Å². The molecular formula is C15H12FNO3S. The van der Waals surface area contributed by atoms with Gasteiger partial charge >= 0.3 is 0 Å². The number of hydrogen-bond acceptors (Lipinski definition) is 3. The summed E-state index contributed by atoms with van der Waals surface area (Å²) in [6, 6.07) is 11.5. The third kappa shape index (κ3) is 3.81. The molecule has 2 aromatic rings. The summed E-state index contributed by atoms with van der Waals surface area (Å²) in [5, 5.41) is 8.69. The van der Waals surface area contributed by atoms with E-state index in [9.17, 15) is 12.8 Å². The average Bonchev–Trinajstić information content (AvgIpc) is 2.45. The van der Waals surface area contributed by atoms with Crippen LogP contribution >= 0.6 is 0 Å². The van der Waals surface area contributed by atoms with Gasteiger partial charge < -0.3 is 5.11 Å². The molecule has 0 amide bonds. The van der Waals surface area contributed by atoms with Gasteiger partial charge in [-0.15, -0.1) is 0 Å². The highest BCUT2D eigenvalue weighted by atomic mass is 32.2. The van der Waals surface area contributed by atoms with Crippen molar-refractivity contribution in [3.63, 3.8) is 0 Å². The van der Waals surface area contributed by atoms with E-state index >= 15 is 0 Å². The minimum absolute atomic E-state index is 0.00696. The van der Waals surface area contributed by atoms with E-state index in [-0.39, 0.29) is 10.5 Å². The van der Waals surface area contributed by atoms with E-state index < -0.39 is 22.4 Å². The van der Waals surface area contributed by atoms with Gasteiger partial charge in [-0.3, -0.25) is 4.72 Å². The van der Waals surface area contributed by atoms with Crippen LogP contribution < -0.4 is 4.72 Å². The molecule has 0 aliphatic rings. The second kappa shape index (κ2) is 6.39. The van der Waals surface area contributed by atoms with Crippen LogP contribution in [0.2, 0.25) is 0 Å². The minimum atomic E-state index is -3.89. The molecule has 6 heteroatoms. The SMILES string of the molecule is O=S(=O)(Nc1ccccc1)c1ccc(F)cc1C#CCO. The Kier molecular flexibility index (Phi) is 4.58. The molecule has 0 spiro atoms. The highest BCUT2D eigenvalue weighted by molar-refractivity contribution is 7.92. The van der Waals surface area contributed by atoms with E-state index in [0.29, 0.717) is 5.69 Å². The molecule has 0 saturated carbocycles. The van der Waals surface area contributed by atoms with Crippen molar-refractivity contribution >= 4 is 15.7 Å². The summed E-state index contributed by atoms with van der Waals surface area (Å²) in [5.41, 5.74) is 0.385. The zero-order valence-corrected chi connectivity index (χ0v) is 11.7. The first kappa shape index (κ1) is 15.0. The number of sulfonamides is 1. The lowest BCUT2D eigenvalue weighted by atomic mass is 10.2. The average molecular weight is 305 g/mol. The Hall–Kier alpha value is -2.36. The van der Waals surface area contributed by atoms with Crippen LogP contribution in [-0.2, 0) is 10.0 Å². The highest BCUT2D eigenvalue weighted by Gasteiger charge is 2.18.